The first-order valence-electron chi connectivity index (χ1n) is 5.09. The molecule has 3 heterocycles. The number of thioether (sulfide) groups is 6. The summed E-state index contributed by atoms with van der Waals surface area (Å²) in [6.45, 7) is 1.33. The van der Waals surface area contributed by atoms with Crippen molar-refractivity contribution in [3.63, 3.8) is 0 Å². The van der Waals surface area contributed by atoms with Crippen molar-refractivity contribution in [2.45, 2.75) is 0 Å². The van der Waals surface area contributed by atoms with Crippen molar-refractivity contribution in [2.24, 2.45) is 0 Å². The molecule has 8 heteroatoms. The maximum atomic E-state index is 5.62. The Kier molecular flexibility index (Phi) is 4.73. The Bertz CT molecular complexity index is 405. The molecule has 0 fully saturated rings. The van der Waals surface area contributed by atoms with Gasteiger partial charge in [0, 0.05) is 0 Å². The number of ether oxygens (including phenoxy) is 2. The zero-order valence-electron chi connectivity index (χ0n) is 9.68. The molecule has 0 saturated carbocycles. The molecule has 0 radical (unpaired) electrons. The zero-order chi connectivity index (χ0) is 12.5. The van der Waals surface area contributed by atoms with Crippen LogP contribution in [-0.4, -0.2) is 25.7 Å². The van der Waals surface area contributed by atoms with Crippen molar-refractivity contribution >= 4 is 70.6 Å². The molecular formula is C10H10O2S6. The van der Waals surface area contributed by atoms with Crippen LogP contribution in [0.5, 0.6) is 0 Å². The predicted octanol–water partition coefficient (Wildman–Crippen LogP) is 5.10. The molecule has 0 aromatic carbocycles. The van der Waals surface area contributed by atoms with Crippen LogP contribution in [0.3, 0.4) is 0 Å². The molecule has 0 aromatic rings. The van der Waals surface area contributed by atoms with E-state index in [1.54, 1.807) is 23.5 Å². The second-order valence-electron chi connectivity index (χ2n) is 3.24. The molecule has 3 rings (SSSR count). The first-order valence-corrected chi connectivity index (χ1v) is 10.8. The van der Waals surface area contributed by atoms with E-state index >= 15 is 0 Å². The predicted molar refractivity (Wildman–Crippen MR) is 90.4 cm³/mol. The highest BCUT2D eigenvalue weighted by molar-refractivity contribution is 8.42. The number of hydrogen-bond acceptors (Lipinski definition) is 8. The normalized spacial score (nSPS) is 23.4. The molecule has 0 aromatic heterocycles. The van der Waals surface area contributed by atoms with E-state index in [0.29, 0.717) is 13.2 Å². The van der Waals surface area contributed by atoms with Gasteiger partial charge in [-0.15, -0.1) is 23.5 Å². The fraction of sp³-hybridized carbons (Fsp3) is 0.400. The summed E-state index contributed by atoms with van der Waals surface area (Å²) in [5.41, 5.74) is 0. The van der Waals surface area contributed by atoms with E-state index in [4.69, 9.17) is 9.47 Å². The number of hydrogen-bond donors (Lipinski definition) is 0. The van der Waals surface area contributed by atoms with E-state index in [-0.39, 0.29) is 0 Å². The second kappa shape index (κ2) is 6.13. The summed E-state index contributed by atoms with van der Waals surface area (Å²) in [5.74, 6) is 0. The molecule has 0 atom stereocenters. The van der Waals surface area contributed by atoms with E-state index in [1.165, 1.54) is 16.9 Å². The highest BCUT2D eigenvalue weighted by Gasteiger charge is 2.32. The average molecular weight is 355 g/mol. The molecule has 2 nitrogen and oxygen atoms in total. The lowest BCUT2D eigenvalue weighted by molar-refractivity contribution is 0.0949. The third kappa shape index (κ3) is 2.69. The van der Waals surface area contributed by atoms with Crippen LogP contribution in [0.4, 0.5) is 0 Å². The van der Waals surface area contributed by atoms with Gasteiger partial charge >= 0.3 is 0 Å². The molecule has 0 bridgehead atoms. The third-order valence-electron chi connectivity index (χ3n) is 2.16. The van der Waals surface area contributed by atoms with E-state index < -0.39 is 0 Å². The SMILES string of the molecule is CSC1=C(SC)SC(=C2SC3=C(OCCO3)S2)S1. The summed E-state index contributed by atoms with van der Waals surface area (Å²) >= 11 is 10.8. The van der Waals surface area contributed by atoms with Crippen LogP contribution in [0.15, 0.2) is 27.1 Å². The Hall–Kier alpha value is 0.920. The number of rotatable bonds is 2. The fourth-order valence-corrected chi connectivity index (χ4v) is 9.00. The van der Waals surface area contributed by atoms with Crippen LogP contribution in [-0.2, 0) is 9.47 Å². The van der Waals surface area contributed by atoms with E-state index in [9.17, 15) is 0 Å². The van der Waals surface area contributed by atoms with Gasteiger partial charge in [-0.1, -0.05) is 23.5 Å². The lowest BCUT2D eigenvalue weighted by Crippen LogP contribution is -2.08. The van der Waals surface area contributed by atoms with Gasteiger partial charge in [-0.05, 0) is 36.0 Å². The summed E-state index contributed by atoms with van der Waals surface area (Å²) in [6.07, 6.45) is 4.27. The van der Waals surface area contributed by atoms with Crippen molar-refractivity contribution in [3.8, 4) is 0 Å². The van der Waals surface area contributed by atoms with Crippen molar-refractivity contribution in [1.82, 2.24) is 0 Å². The van der Waals surface area contributed by atoms with Crippen molar-refractivity contribution in [1.29, 1.82) is 0 Å². The van der Waals surface area contributed by atoms with Gasteiger partial charge in [0.25, 0.3) is 0 Å². The molecule has 0 saturated heterocycles. The minimum Gasteiger partial charge on any atom is -0.480 e. The minimum atomic E-state index is 0.666. The highest BCUT2D eigenvalue weighted by Crippen LogP contribution is 2.63. The van der Waals surface area contributed by atoms with Crippen LogP contribution in [0.2, 0.25) is 0 Å². The monoisotopic (exact) mass is 354 g/mol. The van der Waals surface area contributed by atoms with Gasteiger partial charge in [-0.3, -0.25) is 0 Å². The van der Waals surface area contributed by atoms with Crippen LogP contribution < -0.4 is 0 Å². The van der Waals surface area contributed by atoms with Gasteiger partial charge in [0.05, 0.1) is 16.9 Å². The second-order valence-corrected chi connectivity index (χ2v) is 9.91. The van der Waals surface area contributed by atoms with Gasteiger partial charge in [-0.25, -0.2) is 0 Å². The molecule has 0 aliphatic carbocycles. The molecule has 18 heavy (non-hydrogen) atoms. The fourth-order valence-electron chi connectivity index (χ4n) is 1.41. The molecule has 0 unspecified atom stereocenters. The highest BCUT2D eigenvalue weighted by atomic mass is 32.3. The minimum absolute atomic E-state index is 0.666. The summed E-state index contributed by atoms with van der Waals surface area (Å²) in [4.78, 5) is 0. The maximum Gasteiger partial charge on any atom is 0.208 e. The molecule has 98 valence electrons. The van der Waals surface area contributed by atoms with Crippen LogP contribution >= 0.6 is 70.6 Å². The Morgan fingerprint density at radius 2 is 1.22 bits per heavy atom. The lowest BCUT2D eigenvalue weighted by Gasteiger charge is -2.13. The molecule has 3 aliphatic heterocycles. The Morgan fingerprint density at radius 3 is 1.67 bits per heavy atom. The smallest absolute Gasteiger partial charge is 0.208 e. The van der Waals surface area contributed by atoms with Gasteiger partial charge in [-0.2, -0.15) is 0 Å². The zero-order valence-corrected chi connectivity index (χ0v) is 14.6. The summed E-state index contributed by atoms with van der Waals surface area (Å²) in [6, 6.07) is 0. The molecular weight excluding hydrogens is 345 g/mol. The van der Waals surface area contributed by atoms with Crippen LogP contribution in [0.1, 0.15) is 0 Å². The molecule has 0 spiro atoms. The van der Waals surface area contributed by atoms with E-state index in [0.717, 1.165) is 10.2 Å². The third-order valence-corrected chi connectivity index (χ3v) is 10.3. The topological polar surface area (TPSA) is 18.5 Å². The summed E-state index contributed by atoms with van der Waals surface area (Å²) < 4.78 is 16.7. The van der Waals surface area contributed by atoms with Crippen LogP contribution in [0.25, 0.3) is 0 Å². The van der Waals surface area contributed by atoms with Gasteiger partial charge in [0.1, 0.15) is 13.2 Å². The van der Waals surface area contributed by atoms with Gasteiger partial charge in [0.2, 0.25) is 10.2 Å². The van der Waals surface area contributed by atoms with Crippen molar-refractivity contribution < 1.29 is 9.47 Å². The molecule has 0 N–H and O–H groups in total. The standard InChI is InChI=1S/C10H10O2S6/c1-13-7-8(14-2)18-10(17-7)9-15-5-6(16-9)12-4-3-11-5/h3-4H2,1-2H3. The molecule has 3 aliphatic rings. The first kappa shape index (κ1) is 13.9. The lowest BCUT2D eigenvalue weighted by atomic mass is 10.7. The van der Waals surface area contributed by atoms with Gasteiger partial charge in [0.15, 0.2) is 0 Å². The quantitative estimate of drug-likeness (QED) is 0.673. The Morgan fingerprint density at radius 1 is 0.778 bits per heavy atom. The van der Waals surface area contributed by atoms with E-state index in [2.05, 4.69) is 12.5 Å². The molecule has 0 amide bonds. The largest absolute Gasteiger partial charge is 0.480 e. The maximum absolute atomic E-state index is 5.62. The Labute approximate surface area is 132 Å². The van der Waals surface area contributed by atoms with Crippen molar-refractivity contribution in [3.05, 3.63) is 27.1 Å². The first-order chi connectivity index (χ1) is 8.81. The summed E-state index contributed by atoms with van der Waals surface area (Å²) in [7, 11) is 0. The van der Waals surface area contributed by atoms with Crippen LogP contribution in [0, 0.1) is 0 Å². The van der Waals surface area contributed by atoms with Gasteiger partial charge < -0.3 is 9.47 Å². The Balaban J connectivity index is 1.76. The van der Waals surface area contributed by atoms with Crippen molar-refractivity contribution in [2.75, 3.05) is 25.7 Å². The summed E-state index contributed by atoms with van der Waals surface area (Å²) in [5, 5.41) is 1.89. The van der Waals surface area contributed by atoms with E-state index in [1.807, 2.05) is 47.0 Å². The average Bonchev–Trinajstić information content (AvgIpc) is 3.01.